The molecule has 0 atom stereocenters. The summed E-state index contributed by atoms with van der Waals surface area (Å²) in [7, 11) is 0. The predicted octanol–water partition coefficient (Wildman–Crippen LogP) is 9.31. The van der Waals surface area contributed by atoms with E-state index in [2.05, 4.69) is 126 Å². The summed E-state index contributed by atoms with van der Waals surface area (Å²) >= 11 is 1.74. The minimum absolute atomic E-state index is 0.869. The number of imidazole rings is 1. The Labute approximate surface area is 230 Å². The molecule has 0 spiro atoms. The number of para-hydroxylation sites is 3. The second-order valence-corrected chi connectivity index (χ2v) is 10.8. The Kier molecular flexibility index (Phi) is 4.94. The lowest BCUT2D eigenvalue weighted by molar-refractivity contribution is 0.900. The minimum atomic E-state index is 0.869. The monoisotopic (exact) mass is 520 g/mol. The first-order chi connectivity index (χ1) is 19.3. The number of nitrogens with zero attached hydrogens (tertiary/aromatic N) is 4. The number of thiazole rings is 1. The standard InChI is InChI=1S/C34H24N4S/c1-2-32-35-27-12-8-13-29-33(27)38(32)28-20-19-24(21-30(28)37(29)25-9-4-3-5-10-25)22-15-17-23(18-16-22)34-36-26-11-6-7-14-31(26)39-34/h3-21H,2H2,1H3. The van der Waals surface area contributed by atoms with Crippen molar-refractivity contribution in [3.05, 3.63) is 121 Å². The van der Waals surface area contributed by atoms with Crippen molar-refractivity contribution in [2.24, 2.45) is 0 Å². The molecule has 39 heavy (non-hydrogen) atoms. The molecule has 1 aliphatic heterocycles. The van der Waals surface area contributed by atoms with Gasteiger partial charge >= 0.3 is 0 Å². The lowest BCUT2D eigenvalue weighted by Crippen LogP contribution is -2.19. The van der Waals surface area contributed by atoms with Gasteiger partial charge in [-0.3, -0.25) is 4.57 Å². The first kappa shape index (κ1) is 22.3. The normalized spacial score (nSPS) is 12.3. The second-order valence-electron chi connectivity index (χ2n) is 9.80. The van der Waals surface area contributed by atoms with Gasteiger partial charge in [0, 0.05) is 17.7 Å². The number of aryl methyl sites for hydroxylation is 1. The van der Waals surface area contributed by atoms with Crippen LogP contribution < -0.4 is 4.90 Å². The SMILES string of the molecule is CCc1nc2cccc3c2n1-c1ccc(-c2ccc(-c4nc5ccccc5s4)cc2)cc1N3c1ccccc1. The maximum absolute atomic E-state index is 5.00. The Morgan fingerprint density at radius 3 is 2.18 bits per heavy atom. The fourth-order valence-corrected chi connectivity index (χ4v) is 6.66. The summed E-state index contributed by atoms with van der Waals surface area (Å²) in [5, 5.41) is 1.05. The van der Waals surface area contributed by atoms with E-state index in [0.717, 1.165) is 56.6 Å². The summed E-state index contributed by atoms with van der Waals surface area (Å²) in [5.41, 5.74) is 11.4. The smallest absolute Gasteiger partial charge is 0.124 e. The van der Waals surface area contributed by atoms with E-state index in [4.69, 9.17) is 9.97 Å². The highest BCUT2D eigenvalue weighted by Crippen LogP contribution is 2.48. The Morgan fingerprint density at radius 1 is 0.615 bits per heavy atom. The zero-order valence-electron chi connectivity index (χ0n) is 21.4. The average molecular weight is 521 g/mol. The van der Waals surface area contributed by atoms with Crippen LogP contribution in [0, 0.1) is 0 Å². The van der Waals surface area contributed by atoms with Crippen LogP contribution in [0.3, 0.4) is 0 Å². The molecule has 186 valence electrons. The number of anilines is 3. The van der Waals surface area contributed by atoms with Gasteiger partial charge in [0.2, 0.25) is 0 Å². The van der Waals surface area contributed by atoms with Gasteiger partial charge in [0.05, 0.1) is 38.3 Å². The van der Waals surface area contributed by atoms with Crippen molar-refractivity contribution in [2.45, 2.75) is 13.3 Å². The molecule has 4 nitrogen and oxygen atoms in total. The van der Waals surface area contributed by atoms with E-state index in [1.807, 2.05) is 6.07 Å². The van der Waals surface area contributed by atoms with Crippen LogP contribution >= 0.6 is 11.3 Å². The summed E-state index contributed by atoms with van der Waals surface area (Å²) in [6, 6.07) is 40.9. The van der Waals surface area contributed by atoms with Crippen molar-refractivity contribution >= 4 is 49.6 Å². The third-order valence-corrected chi connectivity index (χ3v) is 8.60. The topological polar surface area (TPSA) is 34.0 Å². The van der Waals surface area contributed by atoms with Gasteiger partial charge < -0.3 is 4.90 Å². The second kappa shape index (κ2) is 8.65. The Hall–Kier alpha value is -4.74. The van der Waals surface area contributed by atoms with Crippen LogP contribution in [0.5, 0.6) is 0 Å². The number of hydrogen-bond donors (Lipinski definition) is 0. The molecule has 0 fully saturated rings. The molecule has 0 bridgehead atoms. The fraction of sp³-hybridized carbons (Fsp3) is 0.0588. The number of rotatable bonds is 4. The maximum atomic E-state index is 5.00. The highest BCUT2D eigenvalue weighted by Gasteiger charge is 2.28. The average Bonchev–Trinajstić information content (AvgIpc) is 3.60. The molecule has 0 radical (unpaired) electrons. The lowest BCUT2D eigenvalue weighted by Gasteiger charge is -2.33. The molecule has 5 heteroatoms. The van der Waals surface area contributed by atoms with E-state index in [1.165, 1.54) is 21.3 Å². The maximum Gasteiger partial charge on any atom is 0.124 e. The van der Waals surface area contributed by atoms with Gasteiger partial charge in [-0.1, -0.05) is 73.7 Å². The van der Waals surface area contributed by atoms with E-state index in [9.17, 15) is 0 Å². The van der Waals surface area contributed by atoms with Crippen molar-refractivity contribution in [2.75, 3.05) is 4.90 Å². The van der Waals surface area contributed by atoms with Gasteiger partial charge in [-0.25, -0.2) is 9.97 Å². The molecule has 8 rings (SSSR count). The predicted molar refractivity (Wildman–Crippen MR) is 163 cm³/mol. The molecule has 1 aliphatic rings. The summed E-state index contributed by atoms with van der Waals surface area (Å²) in [4.78, 5) is 12.2. The van der Waals surface area contributed by atoms with E-state index < -0.39 is 0 Å². The van der Waals surface area contributed by atoms with Crippen molar-refractivity contribution < 1.29 is 0 Å². The van der Waals surface area contributed by atoms with Crippen LogP contribution in [0.15, 0.2) is 115 Å². The minimum Gasteiger partial charge on any atom is -0.306 e. The Bertz CT molecular complexity index is 1970. The molecule has 0 saturated heterocycles. The first-order valence-electron chi connectivity index (χ1n) is 13.2. The molecule has 0 unspecified atom stereocenters. The van der Waals surface area contributed by atoms with Gasteiger partial charge in [-0.15, -0.1) is 11.3 Å². The third kappa shape index (κ3) is 3.44. The van der Waals surface area contributed by atoms with Gasteiger partial charge in [0.15, 0.2) is 0 Å². The summed E-state index contributed by atoms with van der Waals surface area (Å²) in [5.74, 6) is 1.08. The number of aromatic nitrogens is 3. The molecular formula is C34H24N4S. The molecule has 0 saturated carbocycles. The van der Waals surface area contributed by atoms with E-state index in [1.54, 1.807) is 11.3 Å². The van der Waals surface area contributed by atoms with Gasteiger partial charge in [-0.05, 0) is 59.7 Å². The Morgan fingerprint density at radius 2 is 1.36 bits per heavy atom. The lowest BCUT2D eigenvalue weighted by atomic mass is 10.0. The van der Waals surface area contributed by atoms with Gasteiger partial charge in [-0.2, -0.15) is 0 Å². The molecule has 0 N–H and O–H groups in total. The third-order valence-electron chi connectivity index (χ3n) is 7.51. The molecule has 0 amide bonds. The fourth-order valence-electron chi connectivity index (χ4n) is 5.69. The largest absolute Gasteiger partial charge is 0.306 e. The molecule has 0 aliphatic carbocycles. The van der Waals surface area contributed by atoms with Gasteiger partial charge in [0.1, 0.15) is 10.8 Å². The number of benzene rings is 5. The highest BCUT2D eigenvalue weighted by atomic mass is 32.1. The number of hydrogen-bond acceptors (Lipinski definition) is 4. The van der Waals surface area contributed by atoms with Crippen molar-refractivity contribution in [1.82, 2.24) is 14.5 Å². The molecule has 3 heterocycles. The first-order valence-corrected chi connectivity index (χ1v) is 14.1. The molecule has 5 aromatic carbocycles. The number of fused-ring (bicyclic) bond motifs is 3. The van der Waals surface area contributed by atoms with E-state index >= 15 is 0 Å². The van der Waals surface area contributed by atoms with Crippen LogP contribution in [-0.4, -0.2) is 14.5 Å². The zero-order valence-corrected chi connectivity index (χ0v) is 22.2. The van der Waals surface area contributed by atoms with E-state index in [0.29, 0.717) is 0 Å². The van der Waals surface area contributed by atoms with Gasteiger partial charge in [0.25, 0.3) is 0 Å². The van der Waals surface area contributed by atoms with Crippen LogP contribution in [0.1, 0.15) is 12.7 Å². The van der Waals surface area contributed by atoms with Crippen molar-refractivity contribution in [3.63, 3.8) is 0 Å². The summed E-state index contributed by atoms with van der Waals surface area (Å²) in [6.07, 6.45) is 0.869. The molecule has 7 aromatic rings. The quantitative estimate of drug-likeness (QED) is 0.232. The van der Waals surface area contributed by atoms with E-state index in [-0.39, 0.29) is 0 Å². The summed E-state index contributed by atoms with van der Waals surface area (Å²) < 4.78 is 3.56. The zero-order chi connectivity index (χ0) is 25.9. The Balaban J connectivity index is 1.27. The van der Waals surface area contributed by atoms with Crippen molar-refractivity contribution in [3.8, 4) is 27.4 Å². The molecular weight excluding hydrogens is 496 g/mol. The molecule has 2 aromatic heterocycles. The highest BCUT2D eigenvalue weighted by molar-refractivity contribution is 7.21. The van der Waals surface area contributed by atoms with Crippen molar-refractivity contribution in [1.29, 1.82) is 0 Å². The summed E-state index contributed by atoms with van der Waals surface area (Å²) in [6.45, 7) is 2.18. The van der Waals surface area contributed by atoms with Crippen LogP contribution in [0.4, 0.5) is 17.1 Å². The van der Waals surface area contributed by atoms with Crippen LogP contribution in [0.2, 0.25) is 0 Å². The van der Waals surface area contributed by atoms with Crippen LogP contribution in [-0.2, 0) is 6.42 Å². The van der Waals surface area contributed by atoms with Crippen LogP contribution in [0.25, 0.3) is 48.6 Å².